The van der Waals surface area contributed by atoms with Gasteiger partial charge in [0.25, 0.3) is 10.0 Å². The molecule has 1 fully saturated rings. The average molecular weight is 725 g/mol. The minimum Gasteiger partial charge on any atom is -0.326 e. The lowest BCUT2D eigenvalue weighted by molar-refractivity contribution is 0.0564. The van der Waals surface area contributed by atoms with Gasteiger partial charge in [-0.25, -0.2) is 27.2 Å². The Bertz CT molecular complexity index is 2250. The molecule has 1 saturated heterocycles. The molecule has 14 nitrogen and oxygen atoms in total. The topological polar surface area (TPSA) is 173 Å². The zero-order valence-corrected chi connectivity index (χ0v) is 26.6. The Morgan fingerprint density at radius 1 is 1.13 bits per heavy atom. The number of hydrogen-bond acceptors (Lipinski definition) is 11. The lowest BCUT2D eigenvalue weighted by Crippen LogP contribution is -2.39. The molecule has 2 aliphatic heterocycles. The SMILES string of the molecule is O=S(=O)(N[C@H]1CC2=C(c3ccn(C(F)F)n3)[C@H](c3ccc(F)cc3Cl)N=C(c3nccs3)N2C1)c1cnn(S(=O)(=O)c2cn[nH]c2)c1. The smallest absolute Gasteiger partial charge is 0.326 e. The zero-order chi connectivity index (χ0) is 33.1. The fourth-order valence-electron chi connectivity index (χ4n) is 5.37. The summed E-state index contributed by atoms with van der Waals surface area (Å²) in [5.74, 6) is -0.231. The van der Waals surface area contributed by atoms with Gasteiger partial charge in [0.2, 0.25) is 10.0 Å². The van der Waals surface area contributed by atoms with Gasteiger partial charge in [0, 0.05) is 64.8 Å². The summed E-state index contributed by atoms with van der Waals surface area (Å²) in [5.41, 5.74) is 1.36. The van der Waals surface area contributed by atoms with Crippen molar-refractivity contribution in [1.29, 1.82) is 0 Å². The van der Waals surface area contributed by atoms with Crippen LogP contribution in [0.5, 0.6) is 0 Å². The molecule has 6 heterocycles. The van der Waals surface area contributed by atoms with Crippen LogP contribution in [0.15, 0.2) is 87.3 Å². The highest BCUT2D eigenvalue weighted by Crippen LogP contribution is 2.46. The van der Waals surface area contributed by atoms with Crippen LogP contribution in [0, 0.1) is 5.82 Å². The van der Waals surface area contributed by atoms with Gasteiger partial charge in [0.15, 0.2) is 10.8 Å². The second-order valence-corrected chi connectivity index (χ2v) is 15.1. The van der Waals surface area contributed by atoms with Gasteiger partial charge in [0.05, 0.1) is 24.3 Å². The molecule has 0 amide bonds. The molecule has 0 radical (unpaired) electrons. The summed E-state index contributed by atoms with van der Waals surface area (Å²) in [6, 6.07) is 3.37. The number of nitrogens with one attached hydrogen (secondary N) is 2. The number of aromatic amines is 1. The van der Waals surface area contributed by atoms with Gasteiger partial charge in [0.1, 0.15) is 21.7 Å². The van der Waals surface area contributed by atoms with Gasteiger partial charge in [-0.1, -0.05) is 17.7 Å². The van der Waals surface area contributed by atoms with E-state index in [0.717, 1.165) is 37.1 Å². The first kappa shape index (κ1) is 31.2. The number of fused-ring (bicyclic) bond motifs is 1. The van der Waals surface area contributed by atoms with Crippen molar-refractivity contribution in [2.45, 2.75) is 34.8 Å². The molecular formula is C26H20ClF3N10O4S3. The Kier molecular flexibility index (Phi) is 7.78. The van der Waals surface area contributed by atoms with E-state index in [9.17, 15) is 30.0 Å². The fraction of sp³-hybridized carbons (Fsp3) is 0.192. The number of alkyl halides is 2. The second kappa shape index (κ2) is 11.7. The van der Waals surface area contributed by atoms with Gasteiger partial charge in [-0.05, 0) is 18.2 Å². The normalized spacial score (nSPS) is 18.7. The van der Waals surface area contributed by atoms with E-state index in [0.29, 0.717) is 36.4 Å². The largest absolute Gasteiger partial charge is 0.333 e. The Balaban J connectivity index is 1.29. The average Bonchev–Trinajstić information content (AvgIpc) is 3.85. The van der Waals surface area contributed by atoms with Crippen LogP contribution >= 0.6 is 22.9 Å². The predicted octanol–water partition coefficient (Wildman–Crippen LogP) is 3.65. The number of H-pyrrole nitrogens is 1. The first-order chi connectivity index (χ1) is 22.4. The van der Waals surface area contributed by atoms with Gasteiger partial charge < -0.3 is 4.90 Å². The Morgan fingerprint density at radius 3 is 2.64 bits per heavy atom. The number of amidine groups is 1. The highest BCUT2D eigenvalue weighted by Gasteiger charge is 2.42. The van der Waals surface area contributed by atoms with Crippen molar-refractivity contribution in [3.8, 4) is 0 Å². The molecule has 7 rings (SSSR count). The standard InChI is InChI=1S/C26H20ClF3N10O4S3/c27-19-7-14(28)1-2-18(19)23-22(20-3-5-39(36-20)26(29)30)21-8-15(12-38(21)24(35-23)25-31-4-6-45-25)37-46(41,42)17-11-34-40(13-17)47(43,44)16-9-32-33-10-16/h1-7,9-11,13,15,23,26,37H,8,12H2,(H,32,33)/t15-,23-/m0/s1. The molecule has 2 aliphatic rings. The highest BCUT2D eigenvalue weighted by atomic mass is 35.5. The second-order valence-electron chi connectivity index (χ2n) is 10.3. The monoisotopic (exact) mass is 724 g/mol. The van der Waals surface area contributed by atoms with Crippen LogP contribution in [0.25, 0.3) is 5.57 Å². The van der Waals surface area contributed by atoms with Crippen molar-refractivity contribution < 1.29 is 30.0 Å². The van der Waals surface area contributed by atoms with Crippen molar-refractivity contribution in [2.75, 3.05) is 6.54 Å². The number of hydrogen-bond donors (Lipinski definition) is 2. The highest BCUT2D eigenvalue weighted by molar-refractivity contribution is 7.90. The first-order valence-electron chi connectivity index (χ1n) is 13.5. The summed E-state index contributed by atoms with van der Waals surface area (Å²) in [6.07, 6.45) is 6.66. The van der Waals surface area contributed by atoms with Crippen LogP contribution < -0.4 is 4.72 Å². The van der Waals surface area contributed by atoms with E-state index in [1.54, 1.807) is 16.5 Å². The predicted molar refractivity (Wildman–Crippen MR) is 162 cm³/mol. The third kappa shape index (κ3) is 5.64. The summed E-state index contributed by atoms with van der Waals surface area (Å²) in [6.45, 7) is -2.89. The van der Waals surface area contributed by atoms with Gasteiger partial charge in [-0.15, -0.1) is 11.3 Å². The third-order valence-corrected chi connectivity index (χ3v) is 11.5. The lowest BCUT2D eigenvalue weighted by Gasteiger charge is -2.32. The maximum atomic E-state index is 14.1. The van der Waals surface area contributed by atoms with Crippen molar-refractivity contribution in [3.63, 3.8) is 0 Å². The number of thiazole rings is 1. The van der Waals surface area contributed by atoms with E-state index in [2.05, 4.69) is 30.1 Å². The minimum atomic E-state index is -4.34. The number of halogens is 4. The van der Waals surface area contributed by atoms with E-state index < -0.39 is 49.4 Å². The van der Waals surface area contributed by atoms with E-state index in [1.165, 1.54) is 29.5 Å². The van der Waals surface area contributed by atoms with Crippen LogP contribution in [0.4, 0.5) is 13.2 Å². The molecule has 0 aliphatic carbocycles. The van der Waals surface area contributed by atoms with Gasteiger partial charge in [-0.3, -0.25) is 10.1 Å². The molecule has 21 heteroatoms. The molecule has 2 N–H and O–H groups in total. The molecule has 47 heavy (non-hydrogen) atoms. The Morgan fingerprint density at radius 2 is 1.96 bits per heavy atom. The van der Waals surface area contributed by atoms with Gasteiger partial charge >= 0.3 is 6.55 Å². The number of aromatic nitrogens is 7. The number of rotatable bonds is 9. The maximum Gasteiger partial charge on any atom is 0.333 e. The molecular weight excluding hydrogens is 705 g/mol. The molecule has 0 saturated carbocycles. The maximum absolute atomic E-state index is 14.1. The lowest BCUT2D eigenvalue weighted by atomic mass is 9.92. The molecule has 4 aromatic heterocycles. The van der Waals surface area contributed by atoms with Crippen molar-refractivity contribution in [3.05, 3.63) is 99.6 Å². The molecule has 0 bridgehead atoms. The van der Waals surface area contributed by atoms with E-state index >= 15 is 0 Å². The Labute approximate surface area is 273 Å². The van der Waals surface area contributed by atoms with E-state index in [4.69, 9.17) is 16.6 Å². The number of sulfonamides is 1. The van der Waals surface area contributed by atoms with Crippen molar-refractivity contribution in [2.24, 2.45) is 4.99 Å². The number of benzene rings is 1. The van der Waals surface area contributed by atoms with E-state index in [1.807, 2.05) is 0 Å². The third-order valence-electron chi connectivity index (χ3n) is 7.41. The number of aliphatic imine (C=N–C) groups is 1. The fourth-order valence-corrected chi connectivity index (χ4v) is 8.53. The summed E-state index contributed by atoms with van der Waals surface area (Å²) >= 11 is 7.76. The van der Waals surface area contributed by atoms with Crippen molar-refractivity contribution in [1.82, 2.24) is 43.8 Å². The molecule has 5 aromatic rings. The minimum absolute atomic E-state index is 0.0368. The molecule has 0 unspecified atom stereocenters. The summed E-state index contributed by atoms with van der Waals surface area (Å²) < 4.78 is 97.5. The summed E-state index contributed by atoms with van der Waals surface area (Å²) in [4.78, 5) is 10.4. The summed E-state index contributed by atoms with van der Waals surface area (Å²) in [5, 5.41) is 16.0. The quantitative estimate of drug-likeness (QED) is 0.230. The van der Waals surface area contributed by atoms with Crippen LogP contribution in [-0.4, -0.2) is 74.3 Å². The molecule has 0 spiro atoms. The number of nitrogens with zero attached hydrogens (tertiary/aromatic N) is 8. The molecule has 2 atom stereocenters. The van der Waals surface area contributed by atoms with Crippen LogP contribution in [0.3, 0.4) is 0 Å². The first-order valence-corrected chi connectivity index (χ1v) is 17.7. The van der Waals surface area contributed by atoms with Crippen molar-refractivity contribution >= 4 is 54.4 Å². The van der Waals surface area contributed by atoms with Crippen LogP contribution in [0.1, 0.15) is 35.3 Å². The summed E-state index contributed by atoms with van der Waals surface area (Å²) in [7, 11) is -8.54. The molecule has 244 valence electrons. The Hall–Kier alpha value is -4.37. The van der Waals surface area contributed by atoms with Crippen LogP contribution in [-0.2, 0) is 20.0 Å². The molecule has 1 aromatic carbocycles. The van der Waals surface area contributed by atoms with Gasteiger partial charge in [-0.2, -0.15) is 36.6 Å². The van der Waals surface area contributed by atoms with E-state index in [-0.39, 0.29) is 28.6 Å². The zero-order valence-electron chi connectivity index (χ0n) is 23.4. The van der Waals surface area contributed by atoms with Crippen LogP contribution in [0.2, 0.25) is 5.02 Å².